The van der Waals surface area contributed by atoms with Crippen molar-refractivity contribution in [2.24, 2.45) is 0 Å². The molecule has 1 N–H and O–H groups in total. The Labute approximate surface area is 218 Å². The Morgan fingerprint density at radius 3 is 2.42 bits per heavy atom. The molecule has 0 bridgehead atoms. The molecule has 2 amide bonds. The van der Waals surface area contributed by atoms with E-state index in [-0.39, 0.29) is 25.7 Å². The Bertz CT molecular complexity index is 1090. The van der Waals surface area contributed by atoms with E-state index in [2.05, 4.69) is 0 Å². The molecule has 194 valence electrons. The number of halogens is 1. The van der Waals surface area contributed by atoms with E-state index in [9.17, 15) is 9.59 Å². The molecule has 0 radical (unpaired) electrons. The van der Waals surface area contributed by atoms with Gasteiger partial charge in [-0.3, -0.25) is 4.79 Å². The third kappa shape index (κ3) is 7.24. The van der Waals surface area contributed by atoms with E-state index in [1.54, 1.807) is 9.80 Å². The smallest absolute Gasteiger partial charge is 0.410 e. The molecule has 1 heterocycles. The van der Waals surface area contributed by atoms with Gasteiger partial charge in [-0.05, 0) is 69.0 Å². The van der Waals surface area contributed by atoms with Gasteiger partial charge in [-0.1, -0.05) is 41.9 Å². The largest absolute Gasteiger partial charge is 0.491 e. The predicted octanol–water partition coefficient (Wildman–Crippen LogP) is 5.15. The van der Waals surface area contributed by atoms with Crippen LogP contribution in [0.25, 0.3) is 5.57 Å². The lowest BCUT2D eigenvalue weighted by atomic mass is 9.92. The third-order valence-corrected chi connectivity index (χ3v) is 6.17. The first-order valence-corrected chi connectivity index (χ1v) is 12.6. The summed E-state index contributed by atoms with van der Waals surface area (Å²) in [6.07, 6.45) is 0.0784. The highest BCUT2D eigenvalue weighted by molar-refractivity contribution is 6.31. The lowest BCUT2D eigenvalue weighted by Gasteiger charge is -2.34. The van der Waals surface area contributed by atoms with Crippen LogP contribution >= 0.6 is 11.6 Å². The molecule has 36 heavy (non-hydrogen) atoms. The van der Waals surface area contributed by atoms with Crippen molar-refractivity contribution in [1.82, 2.24) is 9.80 Å². The topological polar surface area (TPSA) is 79.3 Å². The molecule has 1 aliphatic heterocycles. The van der Waals surface area contributed by atoms with Gasteiger partial charge in [-0.2, -0.15) is 0 Å². The summed E-state index contributed by atoms with van der Waals surface area (Å²) in [6.45, 7) is 9.00. The Morgan fingerprint density at radius 2 is 1.81 bits per heavy atom. The van der Waals surface area contributed by atoms with Gasteiger partial charge in [0.25, 0.3) is 5.91 Å². The highest BCUT2D eigenvalue weighted by atomic mass is 35.5. The Morgan fingerprint density at radius 1 is 1.11 bits per heavy atom. The van der Waals surface area contributed by atoms with E-state index < -0.39 is 11.7 Å². The fourth-order valence-corrected chi connectivity index (χ4v) is 4.22. The maximum atomic E-state index is 13.9. The molecule has 0 saturated heterocycles. The van der Waals surface area contributed by atoms with Gasteiger partial charge in [-0.15, -0.1) is 0 Å². The molecular weight excluding hydrogens is 480 g/mol. The number of rotatable bonds is 8. The predicted molar refractivity (Wildman–Crippen MR) is 141 cm³/mol. The minimum atomic E-state index is -0.630. The summed E-state index contributed by atoms with van der Waals surface area (Å²) < 4.78 is 11.1. The van der Waals surface area contributed by atoms with Crippen LogP contribution in [0.4, 0.5) is 4.79 Å². The van der Waals surface area contributed by atoms with Gasteiger partial charge in [0.2, 0.25) is 0 Å². The second-order valence-corrected chi connectivity index (χ2v) is 10.0. The van der Waals surface area contributed by atoms with Crippen molar-refractivity contribution in [3.8, 4) is 5.75 Å². The summed E-state index contributed by atoms with van der Waals surface area (Å²) in [4.78, 5) is 30.1. The van der Waals surface area contributed by atoms with Gasteiger partial charge in [-0.25, -0.2) is 4.79 Å². The second kappa shape index (κ2) is 12.3. The second-order valence-electron chi connectivity index (χ2n) is 9.62. The zero-order valence-electron chi connectivity index (χ0n) is 21.4. The van der Waals surface area contributed by atoms with Crippen LogP contribution < -0.4 is 4.74 Å². The number of benzene rings is 2. The highest BCUT2D eigenvalue weighted by Gasteiger charge is 2.32. The number of hydrogen-bond donors (Lipinski definition) is 1. The van der Waals surface area contributed by atoms with Gasteiger partial charge in [0.05, 0.1) is 13.2 Å². The van der Waals surface area contributed by atoms with Gasteiger partial charge >= 0.3 is 6.09 Å². The van der Waals surface area contributed by atoms with Gasteiger partial charge in [0, 0.05) is 30.2 Å². The molecule has 7 nitrogen and oxygen atoms in total. The van der Waals surface area contributed by atoms with Gasteiger partial charge < -0.3 is 24.4 Å². The molecular formula is C28H35ClN2O5. The van der Waals surface area contributed by atoms with Crippen LogP contribution in [0.1, 0.15) is 45.2 Å². The van der Waals surface area contributed by atoms with E-state index in [1.807, 2.05) is 76.2 Å². The molecule has 1 aliphatic rings. The fraction of sp³-hybridized carbons (Fsp3) is 0.429. The minimum absolute atomic E-state index is 0.0651. The van der Waals surface area contributed by atoms with Crippen LogP contribution in [0, 0.1) is 0 Å². The molecule has 3 rings (SSSR count). The van der Waals surface area contributed by atoms with Crippen molar-refractivity contribution in [2.45, 2.75) is 46.3 Å². The molecule has 0 spiro atoms. The SMILES string of the molecule is CCN(Cc1ccccc1Cl)C(=O)C1=C(c2ccc(OCCO)cc2)CCN(C(=O)OC(C)(C)C)C1. The zero-order valence-corrected chi connectivity index (χ0v) is 22.2. The summed E-state index contributed by atoms with van der Waals surface area (Å²) in [5.74, 6) is 0.502. The van der Waals surface area contributed by atoms with Crippen molar-refractivity contribution in [1.29, 1.82) is 0 Å². The average Bonchev–Trinajstić information content (AvgIpc) is 2.85. The van der Waals surface area contributed by atoms with E-state index in [1.165, 1.54) is 0 Å². The van der Waals surface area contributed by atoms with E-state index in [0.29, 0.717) is 42.4 Å². The lowest BCUT2D eigenvalue weighted by molar-refractivity contribution is -0.127. The highest BCUT2D eigenvalue weighted by Crippen LogP contribution is 2.31. The Hall–Kier alpha value is -3.03. The molecule has 2 aromatic rings. The van der Waals surface area contributed by atoms with Gasteiger partial charge in [0.1, 0.15) is 18.0 Å². The van der Waals surface area contributed by atoms with Crippen LogP contribution in [0.2, 0.25) is 5.02 Å². The molecule has 0 aliphatic carbocycles. The number of carbonyl (C=O) groups excluding carboxylic acids is 2. The van der Waals surface area contributed by atoms with E-state index in [4.69, 9.17) is 26.2 Å². The van der Waals surface area contributed by atoms with Crippen molar-refractivity contribution < 1.29 is 24.2 Å². The molecule has 0 unspecified atom stereocenters. The number of carbonyl (C=O) groups is 2. The van der Waals surface area contributed by atoms with Crippen LogP contribution in [-0.4, -0.2) is 65.4 Å². The normalized spacial score (nSPS) is 14.0. The van der Waals surface area contributed by atoms with E-state index in [0.717, 1.165) is 16.7 Å². The number of ether oxygens (including phenoxy) is 2. The number of aliphatic hydroxyl groups excluding tert-OH is 1. The Kier molecular flexibility index (Phi) is 9.40. The van der Waals surface area contributed by atoms with Crippen molar-refractivity contribution >= 4 is 29.2 Å². The van der Waals surface area contributed by atoms with Crippen molar-refractivity contribution in [2.75, 3.05) is 32.8 Å². The van der Waals surface area contributed by atoms with Crippen LogP contribution in [0.3, 0.4) is 0 Å². The average molecular weight is 515 g/mol. The first-order valence-electron chi connectivity index (χ1n) is 12.2. The van der Waals surface area contributed by atoms with E-state index >= 15 is 0 Å². The number of hydrogen-bond acceptors (Lipinski definition) is 5. The Balaban J connectivity index is 1.94. The maximum absolute atomic E-state index is 13.9. The molecule has 0 atom stereocenters. The van der Waals surface area contributed by atoms with Crippen LogP contribution in [0.5, 0.6) is 5.75 Å². The lowest BCUT2D eigenvalue weighted by Crippen LogP contribution is -2.44. The molecule has 8 heteroatoms. The maximum Gasteiger partial charge on any atom is 0.410 e. The monoisotopic (exact) mass is 514 g/mol. The summed E-state index contributed by atoms with van der Waals surface area (Å²) in [5, 5.41) is 9.60. The quantitative estimate of drug-likeness (QED) is 0.526. The van der Waals surface area contributed by atoms with Crippen LogP contribution in [-0.2, 0) is 16.1 Å². The first kappa shape index (κ1) is 27.6. The number of aliphatic hydroxyl groups is 1. The van der Waals surface area contributed by atoms with Crippen molar-refractivity contribution in [3.05, 3.63) is 70.3 Å². The fourth-order valence-electron chi connectivity index (χ4n) is 4.03. The third-order valence-electron chi connectivity index (χ3n) is 5.81. The van der Waals surface area contributed by atoms with Crippen LogP contribution in [0.15, 0.2) is 54.1 Å². The summed E-state index contributed by atoms with van der Waals surface area (Å²) in [6, 6.07) is 14.9. The molecule has 0 fully saturated rings. The number of amides is 2. The minimum Gasteiger partial charge on any atom is -0.491 e. The molecule has 0 saturated carbocycles. The van der Waals surface area contributed by atoms with Gasteiger partial charge in [0.15, 0.2) is 0 Å². The zero-order chi connectivity index (χ0) is 26.3. The standard InChI is InChI=1S/C28H35ClN2O5/c1-5-30(18-21-8-6-7-9-25(21)29)26(33)24-19-31(27(34)36-28(2,3)4)15-14-23(24)20-10-12-22(13-11-20)35-17-16-32/h6-13,32H,5,14-19H2,1-4H3. The first-order chi connectivity index (χ1) is 17.1. The summed E-state index contributed by atoms with van der Waals surface area (Å²) >= 11 is 6.37. The molecule has 0 aromatic heterocycles. The van der Waals surface area contributed by atoms with Crippen molar-refractivity contribution in [3.63, 3.8) is 0 Å². The number of nitrogens with zero attached hydrogens (tertiary/aromatic N) is 2. The summed E-state index contributed by atoms with van der Waals surface area (Å²) in [7, 11) is 0. The number of likely N-dealkylation sites (N-methyl/N-ethyl adjacent to an activating group) is 1. The summed E-state index contributed by atoms with van der Waals surface area (Å²) in [5.41, 5.74) is 2.58. The molecule has 2 aromatic carbocycles.